The van der Waals surface area contributed by atoms with Crippen LogP contribution in [0.15, 0.2) is 18.2 Å². The van der Waals surface area contributed by atoms with Gasteiger partial charge in [-0.3, -0.25) is 0 Å². The van der Waals surface area contributed by atoms with Gasteiger partial charge < -0.3 is 4.90 Å². The quantitative estimate of drug-likeness (QED) is 0.692. The Morgan fingerprint density at radius 1 is 1.24 bits per heavy atom. The minimum atomic E-state index is -4.49. The SMILES string of the molecule is CCCCCN(c1ccc(C(F)(F)F)c(C#N)c1)C(C)C. The molecule has 0 heterocycles. The third-order valence-corrected chi connectivity index (χ3v) is 3.39. The highest BCUT2D eigenvalue weighted by Crippen LogP contribution is 2.34. The number of nitrogens with zero attached hydrogens (tertiary/aromatic N) is 2. The zero-order chi connectivity index (χ0) is 16.0. The van der Waals surface area contributed by atoms with E-state index in [1.807, 2.05) is 18.7 Å². The molecule has 0 atom stereocenters. The molecule has 0 aromatic heterocycles. The summed E-state index contributed by atoms with van der Waals surface area (Å²) < 4.78 is 38.4. The molecule has 21 heavy (non-hydrogen) atoms. The highest BCUT2D eigenvalue weighted by atomic mass is 19.4. The molecule has 0 fully saturated rings. The van der Waals surface area contributed by atoms with Crippen molar-refractivity contribution in [1.29, 1.82) is 5.26 Å². The van der Waals surface area contributed by atoms with Crippen molar-refractivity contribution in [3.63, 3.8) is 0 Å². The maximum absolute atomic E-state index is 12.8. The predicted octanol–water partition coefficient (Wildman–Crippen LogP) is 4.98. The summed E-state index contributed by atoms with van der Waals surface area (Å²) in [4.78, 5) is 2.04. The lowest BCUT2D eigenvalue weighted by molar-refractivity contribution is -0.137. The summed E-state index contributed by atoms with van der Waals surface area (Å²) in [6, 6.07) is 5.63. The fourth-order valence-electron chi connectivity index (χ4n) is 2.27. The van der Waals surface area contributed by atoms with Crippen LogP contribution in [-0.2, 0) is 6.18 Å². The summed E-state index contributed by atoms with van der Waals surface area (Å²) in [5, 5.41) is 8.97. The second-order valence-electron chi connectivity index (χ2n) is 5.33. The van der Waals surface area contributed by atoms with Crippen molar-refractivity contribution in [3.05, 3.63) is 29.3 Å². The fourth-order valence-corrected chi connectivity index (χ4v) is 2.27. The zero-order valence-electron chi connectivity index (χ0n) is 12.7. The van der Waals surface area contributed by atoms with Gasteiger partial charge in [-0.25, -0.2) is 0 Å². The third kappa shape index (κ3) is 4.66. The van der Waals surface area contributed by atoms with E-state index in [-0.39, 0.29) is 11.6 Å². The Hall–Kier alpha value is -1.70. The molecule has 1 aromatic rings. The van der Waals surface area contributed by atoms with E-state index in [4.69, 9.17) is 5.26 Å². The van der Waals surface area contributed by atoms with Gasteiger partial charge in [0.15, 0.2) is 0 Å². The van der Waals surface area contributed by atoms with Gasteiger partial charge in [0.2, 0.25) is 0 Å². The number of alkyl halides is 3. The number of halogens is 3. The second-order valence-corrected chi connectivity index (χ2v) is 5.33. The molecule has 0 bridgehead atoms. The van der Waals surface area contributed by atoms with E-state index in [2.05, 4.69) is 6.92 Å². The van der Waals surface area contributed by atoms with Gasteiger partial charge in [0.1, 0.15) is 0 Å². The minimum Gasteiger partial charge on any atom is -0.369 e. The molecule has 116 valence electrons. The predicted molar refractivity (Wildman–Crippen MR) is 78.2 cm³/mol. The Morgan fingerprint density at radius 2 is 1.90 bits per heavy atom. The summed E-state index contributed by atoms with van der Waals surface area (Å²) in [6.45, 7) is 6.87. The second kappa shape index (κ2) is 7.35. The lowest BCUT2D eigenvalue weighted by atomic mass is 10.1. The van der Waals surface area contributed by atoms with Crippen LogP contribution in [0, 0.1) is 11.3 Å². The monoisotopic (exact) mass is 298 g/mol. The number of hydrogen-bond donors (Lipinski definition) is 0. The Balaban J connectivity index is 3.08. The van der Waals surface area contributed by atoms with Crippen LogP contribution in [0.5, 0.6) is 0 Å². The molecule has 0 saturated carbocycles. The molecule has 0 saturated heterocycles. The minimum absolute atomic E-state index is 0.171. The van der Waals surface area contributed by atoms with E-state index in [1.54, 1.807) is 6.07 Å². The molecule has 0 radical (unpaired) electrons. The zero-order valence-corrected chi connectivity index (χ0v) is 12.7. The first-order valence-corrected chi connectivity index (χ1v) is 7.19. The van der Waals surface area contributed by atoms with Crippen LogP contribution < -0.4 is 4.90 Å². The van der Waals surface area contributed by atoms with Crippen molar-refractivity contribution in [3.8, 4) is 6.07 Å². The fraction of sp³-hybridized carbons (Fsp3) is 0.562. The van der Waals surface area contributed by atoms with E-state index in [9.17, 15) is 13.2 Å². The maximum Gasteiger partial charge on any atom is 0.417 e. The molecule has 0 aliphatic heterocycles. The topological polar surface area (TPSA) is 27.0 Å². The van der Waals surface area contributed by atoms with E-state index in [1.165, 1.54) is 12.1 Å². The van der Waals surface area contributed by atoms with Gasteiger partial charge in [0.25, 0.3) is 0 Å². The van der Waals surface area contributed by atoms with Crippen molar-refractivity contribution in [2.24, 2.45) is 0 Å². The molecule has 0 unspecified atom stereocenters. The van der Waals surface area contributed by atoms with Crippen LogP contribution in [0.3, 0.4) is 0 Å². The van der Waals surface area contributed by atoms with Gasteiger partial charge in [-0.2, -0.15) is 18.4 Å². The molecule has 0 amide bonds. The molecule has 5 heteroatoms. The number of hydrogen-bond acceptors (Lipinski definition) is 2. The number of unbranched alkanes of at least 4 members (excludes halogenated alkanes) is 2. The van der Waals surface area contributed by atoms with Crippen LogP contribution in [0.2, 0.25) is 0 Å². The average molecular weight is 298 g/mol. The largest absolute Gasteiger partial charge is 0.417 e. The number of rotatable bonds is 6. The lowest BCUT2D eigenvalue weighted by Crippen LogP contribution is -2.31. The summed E-state index contributed by atoms with van der Waals surface area (Å²) in [5.41, 5.74) is -0.516. The van der Waals surface area contributed by atoms with Crippen molar-refractivity contribution in [2.45, 2.75) is 52.3 Å². The van der Waals surface area contributed by atoms with Crippen molar-refractivity contribution >= 4 is 5.69 Å². The normalized spacial score (nSPS) is 11.5. The van der Waals surface area contributed by atoms with Gasteiger partial charge in [-0.05, 0) is 38.5 Å². The average Bonchev–Trinajstić information content (AvgIpc) is 2.41. The molecular weight excluding hydrogens is 277 g/mol. The number of nitriles is 1. The summed E-state index contributed by atoms with van der Waals surface area (Å²) in [6.07, 6.45) is -1.34. The van der Waals surface area contributed by atoms with Crippen LogP contribution in [0.1, 0.15) is 51.2 Å². The lowest BCUT2D eigenvalue weighted by Gasteiger charge is -2.29. The number of benzene rings is 1. The first-order valence-electron chi connectivity index (χ1n) is 7.19. The molecule has 0 spiro atoms. The molecule has 0 N–H and O–H groups in total. The van der Waals surface area contributed by atoms with Gasteiger partial charge in [0.05, 0.1) is 17.2 Å². The van der Waals surface area contributed by atoms with Gasteiger partial charge in [-0.15, -0.1) is 0 Å². The highest BCUT2D eigenvalue weighted by molar-refractivity contribution is 5.55. The van der Waals surface area contributed by atoms with E-state index >= 15 is 0 Å². The molecule has 2 nitrogen and oxygen atoms in total. The smallest absolute Gasteiger partial charge is 0.369 e. The van der Waals surface area contributed by atoms with Crippen molar-refractivity contribution in [1.82, 2.24) is 0 Å². The van der Waals surface area contributed by atoms with Crippen LogP contribution in [0.25, 0.3) is 0 Å². The van der Waals surface area contributed by atoms with Crippen LogP contribution in [0.4, 0.5) is 18.9 Å². The molecule has 0 aliphatic carbocycles. The molecule has 1 aromatic carbocycles. The first kappa shape index (κ1) is 17.4. The standard InChI is InChI=1S/C16H21F3N2/c1-4-5-6-9-21(12(2)3)14-7-8-15(16(17,18)19)13(10-14)11-20/h7-8,10,12H,4-6,9H2,1-3H3. The maximum atomic E-state index is 12.8. The van der Waals surface area contributed by atoms with Crippen molar-refractivity contribution in [2.75, 3.05) is 11.4 Å². The first-order chi connectivity index (χ1) is 9.81. The molecular formula is C16H21F3N2. The Bertz CT molecular complexity index is 501. The Morgan fingerprint density at radius 3 is 2.38 bits per heavy atom. The van der Waals surface area contributed by atoms with Crippen LogP contribution >= 0.6 is 0 Å². The highest BCUT2D eigenvalue weighted by Gasteiger charge is 2.33. The third-order valence-electron chi connectivity index (χ3n) is 3.39. The van der Waals surface area contributed by atoms with Crippen LogP contribution in [-0.4, -0.2) is 12.6 Å². The Labute approximate surface area is 124 Å². The van der Waals surface area contributed by atoms with E-state index in [0.717, 1.165) is 31.9 Å². The van der Waals surface area contributed by atoms with Crippen molar-refractivity contribution < 1.29 is 13.2 Å². The summed E-state index contributed by atoms with van der Waals surface area (Å²) in [7, 11) is 0. The Kier molecular flexibility index (Phi) is 6.07. The van der Waals surface area contributed by atoms with E-state index in [0.29, 0.717) is 5.69 Å². The summed E-state index contributed by atoms with van der Waals surface area (Å²) >= 11 is 0. The number of anilines is 1. The van der Waals surface area contributed by atoms with Gasteiger partial charge in [0, 0.05) is 18.3 Å². The molecule has 1 rings (SSSR count). The molecule has 0 aliphatic rings. The van der Waals surface area contributed by atoms with E-state index < -0.39 is 11.7 Å². The van der Waals surface area contributed by atoms with Gasteiger partial charge in [-0.1, -0.05) is 19.8 Å². The van der Waals surface area contributed by atoms with Gasteiger partial charge >= 0.3 is 6.18 Å². The summed E-state index contributed by atoms with van der Waals surface area (Å²) in [5.74, 6) is 0.